The van der Waals surface area contributed by atoms with Gasteiger partial charge in [-0.15, -0.1) is 0 Å². The lowest BCUT2D eigenvalue weighted by Crippen LogP contribution is -1.87. The minimum atomic E-state index is 0.566. The lowest BCUT2D eigenvalue weighted by molar-refractivity contribution is 0.914. The summed E-state index contributed by atoms with van der Waals surface area (Å²) in [5.74, 6) is 0. The summed E-state index contributed by atoms with van der Waals surface area (Å²) in [5, 5.41) is 1.22. The van der Waals surface area contributed by atoms with Crippen molar-refractivity contribution in [2.75, 3.05) is 0 Å². The quantitative estimate of drug-likeness (QED) is 0.651. The molecule has 0 saturated heterocycles. The fourth-order valence-corrected chi connectivity index (χ4v) is 1.29. The van der Waals surface area contributed by atoms with Gasteiger partial charge in [0.15, 0.2) is 0 Å². The Bertz CT molecular complexity index is 248. The first-order valence-electron chi connectivity index (χ1n) is 3.54. The van der Waals surface area contributed by atoms with Gasteiger partial charge in [-0.1, -0.05) is 36.5 Å². The maximum Gasteiger partial charge on any atom is 0.132 e. The monoisotopic (exact) mass is 189 g/mol. The van der Waals surface area contributed by atoms with E-state index in [1.807, 2.05) is 6.07 Å². The number of hydrogen-bond donors (Lipinski definition) is 0. The van der Waals surface area contributed by atoms with Gasteiger partial charge >= 0.3 is 0 Å². The normalized spacial score (nSPS) is 10.1. The Morgan fingerprint density at radius 1 is 1.45 bits per heavy atom. The van der Waals surface area contributed by atoms with Crippen LogP contribution in [-0.4, -0.2) is 4.98 Å². The van der Waals surface area contributed by atoms with E-state index >= 15 is 0 Å². The number of rotatable bonds is 2. The van der Waals surface area contributed by atoms with Crippen LogP contribution in [0.3, 0.4) is 0 Å². The van der Waals surface area contributed by atoms with E-state index in [1.54, 1.807) is 6.20 Å². The molecule has 1 nitrogen and oxygen atoms in total. The van der Waals surface area contributed by atoms with Gasteiger partial charge < -0.3 is 0 Å². The molecule has 60 valence electrons. The zero-order valence-corrected chi connectivity index (χ0v) is 7.78. The summed E-state index contributed by atoms with van der Waals surface area (Å²) < 4.78 is 0. The Morgan fingerprint density at radius 2 is 2.18 bits per heavy atom. The Morgan fingerprint density at radius 3 is 2.82 bits per heavy atom. The molecule has 0 atom stereocenters. The highest BCUT2D eigenvalue weighted by Gasteiger charge is 2.00. The van der Waals surface area contributed by atoms with Crippen LogP contribution in [0.2, 0.25) is 10.2 Å². The van der Waals surface area contributed by atoms with Gasteiger partial charge in [0.25, 0.3) is 0 Å². The summed E-state index contributed by atoms with van der Waals surface area (Å²) in [6, 6.07) is 1.86. The average molecular weight is 190 g/mol. The predicted octanol–water partition coefficient (Wildman–Crippen LogP) is 3.34. The molecular weight excluding hydrogens is 181 g/mol. The molecule has 0 N–H and O–H groups in total. The molecule has 0 saturated carbocycles. The van der Waals surface area contributed by atoms with Crippen LogP contribution < -0.4 is 0 Å². The van der Waals surface area contributed by atoms with Crippen LogP contribution in [-0.2, 0) is 6.42 Å². The summed E-state index contributed by atoms with van der Waals surface area (Å²) in [5.41, 5.74) is 1.03. The van der Waals surface area contributed by atoms with Gasteiger partial charge in [-0.25, -0.2) is 4.98 Å². The molecule has 1 rings (SSSR count). The molecule has 0 aromatic carbocycles. The van der Waals surface area contributed by atoms with Gasteiger partial charge in [0.05, 0.1) is 5.02 Å². The number of nitrogens with zero attached hydrogens (tertiary/aromatic N) is 1. The first kappa shape index (κ1) is 8.82. The van der Waals surface area contributed by atoms with Crippen LogP contribution in [0.1, 0.15) is 18.9 Å². The summed E-state index contributed by atoms with van der Waals surface area (Å²) >= 11 is 11.5. The van der Waals surface area contributed by atoms with Crippen LogP contribution in [0.4, 0.5) is 0 Å². The lowest BCUT2D eigenvalue weighted by atomic mass is 10.2. The van der Waals surface area contributed by atoms with Crippen molar-refractivity contribution in [3.05, 3.63) is 28.0 Å². The standard InChI is InChI=1S/C8H9Cl2N/c1-2-3-6-4-7(9)5-11-8(6)10/h4-5H,2-3H2,1H3. The SMILES string of the molecule is CCCc1cc(Cl)cnc1Cl. The number of halogens is 2. The van der Waals surface area contributed by atoms with Crippen LogP contribution in [0.15, 0.2) is 12.3 Å². The Kier molecular flexibility index (Phi) is 3.16. The van der Waals surface area contributed by atoms with Crippen LogP contribution >= 0.6 is 23.2 Å². The van der Waals surface area contributed by atoms with E-state index in [2.05, 4.69) is 11.9 Å². The van der Waals surface area contributed by atoms with Crippen molar-refractivity contribution in [1.82, 2.24) is 4.98 Å². The van der Waals surface area contributed by atoms with Crippen molar-refractivity contribution in [3.63, 3.8) is 0 Å². The van der Waals surface area contributed by atoms with E-state index in [1.165, 1.54) is 0 Å². The van der Waals surface area contributed by atoms with Gasteiger partial charge in [-0.05, 0) is 18.1 Å². The fourth-order valence-electron chi connectivity index (χ4n) is 0.909. The van der Waals surface area contributed by atoms with Crippen LogP contribution in [0.25, 0.3) is 0 Å². The van der Waals surface area contributed by atoms with E-state index in [0.717, 1.165) is 18.4 Å². The molecule has 1 aromatic rings. The Balaban J connectivity index is 2.93. The maximum atomic E-state index is 5.81. The third kappa shape index (κ3) is 2.35. The largest absolute Gasteiger partial charge is 0.243 e. The van der Waals surface area contributed by atoms with Crippen LogP contribution in [0, 0.1) is 0 Å². The number of aromatic nitrogens is 1. The van der Waals surface area contributed by atoms with Crippen molar-refractivity contribution in [2.24, 2.45) is 0 Å². The first-order valence-corrected chi connectivity index (χ1v) is 4.29. The van der Waals surface area contributed by atoms with E-state index in [0.29, 0.717) is 10.2 Å². The third-order valence-corrected chi connectivity index (χ3v) is 1.94. The first-order chi connectivity index (χ1) is 5.24. The van der Waals surface area contributed by atoms with E-state index in [4.69, 9.17) is 23.2 Å². The smallest absolute Gasteiger partial charge is 0.132 e. The van der Waals surface area contributed by atoms with Crippen molar-refractivity contribution in [2.45, 2.75) is 19.8 Å². The van der Waals surface area contributed by atoms with Crippen molar-refractivity contribution >= 4 is 23.2 Å². The maximum absolute atomic E-state index is 5.81. The Hall–Kier alpha value is -0.270. The second kappa shape index (κ2) is 3.93. The lowest BCUT2D eigenvalue weighted by Gasteiger charge is -2.00. The van der Waals surface area contributed by atoms with Gasteiger partial charge in [0.1, 0.15) is 5.15 Å². The molecule has 0 aliphatic carbocycles. The minimum Gasteiger partial charge on any atom is -0.243 e. The second-order valence-electron chi connectivity index (χ2n) is 2.35. The molecule has 1 heterocycles. The molecule has 0 amide bonds. The molecular formula is C8H9Cl2N. The molecule has 0 aliphatic rings. The Labute approximate surface area is 76.4 Å². The van der Waals surface area contributed by atoms with Crippen molar-refractivity contribution in [3.8, 4) is 0 Å². The summed E-state index contributed by atoms with van der Waals surface area (Å²) in [4.78, 5) is 3.93. The van der Waals surface area contributed by atoms with Crippen LogP contribution in [0.5, 0.6) is 0 Å². The second-order valence-corrected chi connectivity index (χ2v) is 3.15. The molecule has 0 aliphatic heterocycles. The highest BCUT2D eigenvalue weighted by atomic mass is 35.5. The van der Waals surface area contributed by atoms with Gasteiger partial charge in [0, 0.05) is 6.20 Å². The summed E-state index contributed by atoms with van der Waals surface area (Å²) in [6.45, 7) is 2.09. The van der Waals surface area contributed by atoms with Gasteiger partial charge in [0.2, 0.25) is 0 Å². The molecule has 11 heavy (non-hydrogen) atoms. The molecule has 0 radical (unpaired) electrons. The number of pyridine rings is 1. The fraction of sp³-hybridized carbons (Fsp3) is 0.375. The minimum absolute atomic E-state index is 0.566. The molecule has 0 fully saturated rings. The average Bonchev–Trinajstić information content (AvgIpc) is 1.98. The third-order valence-electron chi connectivity index (χ3n) is 1.40. The number of hydrogen-bond acceptors (Lipinski definition) is 1. The zero-order valence-electron chi connectivity index (χ0n) is 6.27. The topological polar surface area (TPSA) is 12.9 Å². The zero-order chi connectivity index (χ0) is 8.27. The molecule has 0 spiro atoms. The molecule has 1 aromatic heterocycles. The van der Waals surface area contributed by atoms with Crippen molar-refractivity contribution in [1.29, 1.82) is 0 Å². The highest BCUT2D eigenvalue weighted by molar-refractivity contribution is 6.32. The van der Waals surface area contributed by atoms with Crippen molar-refractivity contribution < 1.29 is 0 Å². The van der Waals surface area contributed by atoms with E-state index in [9.17, 15) is 0 Å². The molecule has 0 unspecified atom stereocenters. The predicted molar refractivity (Wildman–Crippen MR) is 48.3 cm³/mol. The van der Waals surface area contributed by atoms with E-state index in [-0.39, 0.29) is 0 Å². The summed E-state index contributed by atoms with van der Waals surface area (Å²) in [6.07, 6.45) is 3.55. The van der Waals surface area contributed by atoms with Gasteiger partial charge in [-0.2, -0.15) is 0 Å². The summed E-state index contributed by atoms with van der Waals surface area (Å²) in [7, 11) is 0. The molecule has 3 heteroatoms. The van der Waals surface area contributed by atoms with E-state index < -0.39 is 0 Å². The van der Waals surface area contributed by atoms with Gasteiger partial charge in [-0.3, -0.25) is 0 Å². The molecule has 0 bridgehead atoms. The number of aryl methyl sites for hydroxylation is 1. The highest BCUT2D eigenvalue weighted by Crippen LogP contribution is 2.18.